The van der Waals surface area contributed by atoms with E-state index in [2.05, 4.69) is 19.2 Å². The van der Waals surface area contributed by atoms with Gasteiger partial charge in [0.2, 0.25) is 0 Å². The Morgan fingerprint density at radius 2 is 1.58 bits per heavy atom. The third-order valence-electron chi connectivity index (χ3n) is 5.50. The zero-order chi connectivity index (χ0) is 22.4. The van der Waals surface area contributed by atoms with Crippen LogP contribution in [0, 0.1) is 5.92 Å². The maximum Gasteiger partial charge on any atom is 0.256 e. The van der Waals surface area contributed by atoms with E-state index in [9.17, 15) is 4.79 Å². The van der Waals surface area contributed by atoms with Crippen LogP contribution >= 0.6 is 0 Å². The van der Waals surface area contributed by atoms with Crippen LogP contribution in [-0.4, -0.2) is 54.8 Å². The number of anilines is 1. The van der Waals surface area contributed by atoms with Gasteiger partial charge in [0.1, 0.15) is 24.1 Å². The predicted octanol–water partition coefficient (Wildman–Crippen LogP) is 3.45. The lowest BCUT2D eigenvalue weighted by molar-refractivity contribution is -0.229. The average Bonchev–Trinajstić information content (AvgIpc) is 3.16. The fourth-order valence-corrected chi connectivity index (χ4v) is 4.08. The number of ether oxygens (including phenoxy) is 6. The van der Waals surface area contributed by atoms with Crippen molar-refractivity contribution in [3.05, 3.63) is 24.3 Å². The third-order valence-corrected chi connectivity index (χ3v) is 5.50. The van der Waals surface area contributed by atoms with Crippen molar-refractivity contribution in [1.82, 2.24) is 0 Å². The van der Waals surface area contributed by atoms with Crippen LogP contribution in [0.15, 0.2) is 24.3 Å². The highest BCUT2D eigenvalue weighted by Gasteiger charge is 2.62. The second-order valence-corrected chi connectivity index (χ2v) is 9.63. The molecule has 3 heterocycles. The van der Waals surface area contributed by atoms with Crippen LogP contribution < -0.4 is 10.1 Å². The molecule has 172 valence electrons. The van der Waals surface area contributed by atoms with Gasteiger partial charge in [-0.05, 0) is 64.3 Å². The lowest BCUT2D eigenvalue weighted by Crippen LogP contribution is -2.58. The molecular weight excluding hydrogens is 402 g/mol. The van der Waals surface area contributed by atoms with Crippen LogP contribution in [-0.2, 0) is 28.5 Å². The summed E-state index contributed by atoms with van der Waals surface area (Å²) in [5, 5.41) is 2.90. The van der Waals surface area contributed by atoms with Crippen molar-refractivity contribution in [2.24, 2.45) is 5.92 Å². The van der Waals surface area contributed by atoms with Crippen LogP contribution in [0.4, 0.5) is 5.69 Å². The van der Waals surface area contributed by atoms with Crippen LogP contribution in [0.25, 0.3) is 0 Å². The van der Waals surface area contributed by atoms with Gasteiger partial charge in [-0.2, -0.15) is 0 Å². The molecule has 4 rings (SSSR count). The molecule has 0 spiro atoms. The van der Waals surface area contributed by atoms with Crippen molar-refractivity contribution in [1.29, 1.82) is 0 Å². The van der Waals surface area contributed by atoms with Crippen molar-refractivity contribution < 1.29 is 33.2 Å². The van der Waals surface area contributed by atoms with Gasteiger partial charge in [-0.15, -0.1) is 0 Å². The molecule has 1 amide bonds. The Balaban J connectivity index is 1.43. The molecular formula is C23H33NO7. The van der Waals surface area contributed by atoms with Gasteiger partial charge in [0, 0.05) is 5.69 Å². The first-order chi connectivity index (χ1) is 14.5. The van der Waals surface area contributed by atoms with Crippen LogP contribution in [0.1, 0.15) is 48.0 Å². The minimum Gasteiger partial charge on any atom is -0.494 e. The maximum atomic E-state index is 13.1. The normalized spacial score (nSPS) is 33.1. The zero-order valence-corrected chi connectivity index (χ0v) is 19.0. The molecule has 3 fully saturated rings. The first-order valence-corrected chi connectivity index (χ1v) is 10.9. The van der Waals surface area contributed by atoms with Crippen LogP contribution in [0.3, 0.4) is 0 Å². The highest BCUT2D eigenvalue weighted by molar-refractivity contribution is 5.94. The zero-order valence-electron chi connectivity index (χ0n) is 19.0. The minimum absolute atomic E-state index is 0.323. The van der Waals surface area contributed by atoms with Gasteiger partial charge < -0.3 is 33.7 Å². The Labute approximate surface area is 183 Å². The summed E-state index contributed by atoms with van der Waals surface area (Å²) < 4.78 is 35.6. The molecule has 3 saturated heterocycles. The quantitative estimate of drug-likeness (QED) is 0.733. The second-order valence-electron chi connectivity index (χ2n) is 9.63. The van der Waals surface area contributed by atoms with Gasteiger partial charge in [0.25, 0.3) is 5.91 Å². The minimum atomic E-state index is -0.896. The van der Waals surface area contributed by atoms with Gasteiger partial charge in [0.05, 0.1) is 6.61 Å². The van der Waals surface area contributed by atoms with E-state index >= 15 is 0 Å². The summed E-state index contributed by atoms with van der Waals surface area (Å²) >= 11 is 0. The summed E-state index contributed by atoms with van der Waals surface area (Å²) in [6.07, 6.45) is -2.15. The Hall–Kier alpha value is -1.71. The summed E-state index contributed by atoms with van der Waals surface area (Å²) in [6, 6.07) is 7.29. The van der Waals surface area contributed by atoms with E-state index in [0.717, 1.165) is 12.2 Å². The third kappa shape index (κ3) is 5.04. The van der Waals surface area contributed by atoms with Crippen LogP contribution in [0.2, 0.25) is 0 Å². The molecule has 0 bridgehead atoms. The van der Waals surface area contributed by atoms with Crippen molar-refractivity contribution in [2.75, 3.05) is 11.9 Å². The number of nitrogens with one attached hydrogen (secondary N) is 1. The molecule has 3 aliphatic heterocycles. The number of carbonyl (C=O) groups is 1. The summed E-state index contributed by atoms with van der Waals surface area (Å²) in [5.74, 6) is -0.645. The molecule has 0 unspecified atom stereocenters. The van der Waals surface area contributed by atoms with Gasteiger partial charge in [0.15, 0.2) is 24.0 Å². The Bertz CT molecular complexity index is 792. The largest absolute Gasteiger partial charge is 0.494 e. The monoisotopic (exact) mass is 435 g/mol. The van der Waals surface area contributed by atoms with E-state index in [-0.39, 0.29) is 5.91 Å². The first kappa shape index (κ1) is 22.5. The number of amides is 1. The number of benzene rings is 1. The lowest BCUT2D eigenvalue weighted by Gasteiger charge is -2.36. The topological polar surface area (TPSA) is 84.5 Å². The van der Waals surface area contributed by atoms with E-state index in [4.69, 9.17) is 28.4 Å². The maximum absolute atomic E-state index is 13.1. The van der Waals surface area contributed by atoms with E-state index in [1.54, 1.807) is 12.1 Å². The molecule has 8 heteroatoms. The lowest BCUT2D eigenvalue weighted by atomic mass is 9.98. The molecule has 31 heavy (non-hydrogen) atoms. The van der Waals surface area contributed by atoms with Crippen molar-refractivity contribution >= 4 is 11.6 Å². The summed E-state index contributed by atoms with van der Waals surface area (Å²) in [4.78, 5) is 13.1. The molecule has 0 aromatic heterocycles. The molecule has 0 saturated carbocycles. The second kappa shape index (κ2) is 8.33. The Kier molecular flexibility index (Phi) is 6.04. The number of hydrogen-bond donors (Lipinski definition) is 1. The molecule has 1 aromatic carbocycles. The number of fused-ring (bicyclic) bond motifs is 3. The smallest absolute Gasteiger partial charge is 0.256 e. The summed E-state index contributed by atoms with van der Waals surface area (Å²) in [7, 11) is 0. The summed E-state index contributed by atoms with van der Waals surface area (Å²) in [5.41, 5.74) is 0.644. The van der Waals surface area contributed by atoms with Gasteiger partial charge in [-0.1, -0.05) is 13.8 Å². The fourth-order valence-electron chi connectivity index (χ4n) is 4.08. The van der Waals surface area contributed by atoms with E-state index < -0.39 is 42.3 Å². The Morgan fingerprint density at radius 3 is 2.26 bits per heavy atom. The Morgan fingerprint density at radius 1 is 0.968 bits per heavy atom. The van der Waals surface area contributed by atoms with E-state index in [1.165, 1.54) is 0 Å². The van der Waals surface area contributed by atoms with Gasteiger partial charge in [-0.3, -0.25) is 4.79 Å². The molecule has 0 radical (unpaired) electrons. The molecule has 8 nitrogen and oxygen atoms in total. The van der Waals surface area contributed by atoms with Gasteiger partial charge >= 0.3 is 0 Å². The molecule has 0 aliphatic carbocycles. The predicted molar refractivity (Wildman–Crippen MR) is 113 cm³/mol. The molecule has 1 aromatic rings. The van der Waals surface area contributed by atoms with Crippen LogP contribution in [0.5, 0.6) is 5.75 Å². The first-order valence-electron chi connectivity index (χ1n) is 10.9. The fraction of sp³-hybridized carbons (Fsp3) is 0.696. The molecule has 5 atom stereocenters. The number of rotatable bonds is 6. The van der Waals surface area contributed by atoms with E-state index in [1.807, 2.05) is 39.8 Å². The van der Waals surface area contributed by atoms with Crippen molar-refractivity contribution in [2.45, 2.75) is 90.2 Å². The highest BCUT2D eigenvalue weighted by Crippen LogP contribution is 2.44. The standard InChI is InChI=1S/C23H33NO7/c1-13(2)11-12-26-15-9-7-14(8-10-15)24-20(25)18-16-17(29-22(3,4)28-16)19-21(27-18)31-23(5,6)30-19/h7-10,13,16-19,21H,11-12H2,1-6H3,(H,24,25)/t16-,17-,18+,19+,21-/m0/s1. The molecule has 1 N–H and O–H groups in total. The molecule has 3 aliphatic rings. The van der Waals surface area contributed by atoms with Gasteiger partial charge in [-0.25, -0.2) is 0 Å². The number of hydrogen-bond acceptors (Lipinski definition) is 7. The van der Waals surface area contributed by atoms with Crippen molar-refractivity contribution in [3.8, 4) is 5.75 Å². The number of carbonyl (C=O) groups excluding carboxylic acids is 1. The average molecular weight is 436 g/mol. The summed E-state index contributed by atoms with van der Waals surface area (Å²) in [6.45, 7) is 12.2. The highest BCUT2D eigenvalue weighted by atomic mass is 16.9. The SMILES string of the molecule is CC(C)CCOc1ccc(NC(=O)[C@@H]2O[C@H]3OC(C)(C)O[C@@H]3[C@H]3OC(C)(C)O[C@@H]32)cc1. The van der Waals surface area contributed by atoms with E-state index in [0.29, 0.717) is 18.2 Å². The van der Waals surface area contributed by atoms with Crippen molar-refractivity contribution in [3.63, 3.8) is 0 Å².